The molecule has 2 nitrogen and oxygen atoms in total. The molecule has 0 fully saturated rings. The van der Waals surface area contributed by atoms with Gasteiger partial charge in [-0.25, -0.2) is 0 Å². The molecule has 0 saturated carbocycles. The largest absolute Gasteiger partial charge is 0.495 e. The van der Waals surface area contributed by atoms with Crippen LogP contribution in [0, 0.1) is 0 Å². The number of halogens is 1. The molecule has 0 aliphatic carbocycles. The maximum absolute atomic E-state index is 5.86. The van der Waals surface area contributed by atoms with Crippen LogP contribution in [0.25, 0.3) is 0 Å². The lowest BCUT2D eigenvalue weighted by Crippen LogP contribution is -2.13. The summed E-state index contributed by atoms with van der Waals surface area (Å²) in [5.74, 6) is 0.790. The molecule has 1 aromatic rings. The molecule has 0 aliphatic heterocycles. The zero-order valence-electron chi connectivity index (χ0n) is 8.80. The molecule has 1 rings (SSSR count). The van der Waals surface area contributed by atoms with Gasteiger partial charge in [-0.05, 0) is 25.5 Å². The average Bonchev–Trinajstić information content (AvgIpc) is 2.20. The van der Waals surface area contributed by atoms with Gasteiger partial charge in [-0.3, -0.25) is 0 Å². The number of hydrogen-bond acceptors (Lipinski definition) is 2. The minimum atomic E-state index is 0.435. The fourth-order valence-corrected chi connectivity index (χ4v) is 1.31. The zero-order valence-corrected chi connectivity index (χ0v) is 9.56. The van der Waals surface area contributed by atoms with Crippen molar-refractivity contribution in [1.82, 2.24) is 0 Å². The van der Waals surface area contributed by atoms with Crippen molar-refractivity contribution in [2.45, 2.75) is 26.3 Å². The number of rotatable bonds is 4. The summed E-state index contributed by atoms with van der Waals surface area (Å²) in [5.41, 5.74) is 0.992. The second-order valence-corrected chi connectivity index (χ2v) is 3.73. The van der Waals surface area contributed by atoms with Gasteiger partial charge in [-0.2, -0.15) is 0 Å². The predicted molar refractivity (Wildman–Crippen MR) is 61.4 cm³/mol. The van der Waals surface area contributed by atoms with Crippen molar-refractivity contribution < 1.29 is 4.74 Å². The molecular formula is C11H16ClNO. The van der Waals surface area contributed by atoms with E-state index in [1.165, 1.54) is 0 Å². The van der Waals surface area contributed by atoms with Gasteiger partial charge in [0.1, 0.15) is 5.75 Å². The van der Waals surface area contributed by atoms with Crippen LogP contribution in [0.4, 0.5) is 5.69 Å². The van der Waals surface area contributed by atoms with E-state index < -0.39 is 0 Å². The Labute approximate surface area is 90.2 Å². The third kappa shape index (κ3) is 2.81. The molecule has 0 bridgehead atoms. The molecule has 0 spiro atoms. The van der Waals surface area contributed by atoms with Crippen LogP contribution in [-0.2, 0) is 0 Å². The highest BCUT2D eigenvalue weighted by Gasteiger charge is 2.05. The molecule has 0 amide bonds. The van der Waals surface area contributed by atoms with Gasteiger partial charge in [0.15, 0.2) is 0 Å². The number of nitrogens with one attached hydrogen (secondary N) is 1. The molecule has 1 atom stereocenters. The van der Waals surface area contributed by atoms with Crippen molar-refractivity contribution in [2.75, 3.05) is 12.4 Å². The number of benzene rings is 1. The summed E-state index contributed by atoms with van der Waals surface area (Å²) in [6.07, 6.45) is 1.08. The van der Waals surface area contributed by atoms with E-state index in [1.807, 2.05) is 18.2 Å². The highest BCUT2D eigenvalue weighted by Crippen LogP contribution is 2.28. The Morgan fingerprint density at radius 2 is 2.21 bits per heavy atom. The first kappa shape index (κ1) is 11.2. The molecular weight excluding hydrogens is 198 g/mol. The van der Waals surface area contributed by atoms with Crippen molar-refractivity contribution in [3.05, 3.63) is 23.2 Å². The minimum Gasteiger partial charge on any atom is -0.495 e. The molecule has 1 N–H and O–H groups in total. The van der Waals surface area contributed by atoms with E-state index >= 15 is 0 Å². The topological polar surface area (TPSA) is 21.3 Å². The summed E-state index contributed by atoms with van der Waals surface area (Å²) in [7, 11) is 1.65. The molecule has 0 radical (unpaired) electrons. The Bertz CT molecular complexity index is 301. The molecule has 0 saturated heterocycles. The molecule has 0 aromatic heterocycles. The molecule has 3 heteroatoms. The van der Waals surface area contributed by atoms with Crippen molar-refractivity contribution >= 4 is 17.3 Å². The van der Waals surface area contributed by atoms with Gasteiger partial charge < -0.3 is 10.1 Å². The molecule has 1 unspecified atom stereocenters. The van der Waals surface area contributed by atoms with Crippen LogP contribution in [0.1, 0.15) is 20.3 Å². The lowest BCUT2D eigenvalue weighted by Gasteiger charge is -2.15. The highest BCUT2D eigenvalue weighted by molar-refractivity contribution is 6.30. The van der Waals surface area contributed by atoms with Gasteiger partial charge in [0.2, 0.25) is 0 Å². The second kappa shape index (κ2) is 5.11. The Morgan fingerprint density at radius 3 is 2.79 bits per heavy atom. The van der Waals surface area contributed by atoms with Gasteiger partial charge in [0.05, 0.1) is 12.8 Å². The third-order valence-corrected chi connectivity index (χ3v) is 2.41. The van der Waals surface area contributed by atoms with Gasteiger partial charge in [-0.1, -0.05) is 18.5 Å². The van der Waals surface area contributed by atoms with Crippen molar-refractivity contribution in [1.29, 1.82) is 0 Å². The van der Waals surface area contributed by atoms with Crippen molar-refractivity contribution in [3.63, 3.8) is 0 Å². The fourth-order valence-electron chi connectivity index (χ4n) is 1.15. The summed E-state index contributed by atoms with van der Waals surface area (Å²) in [6.45, 7) is 4.27. The standard InChI is InChI=1S/C11H16ClNO/c1-4-8(2)13-10-6-5-9(12)7-11(10)14-3/h5-8,13H,4H2,1-3H3. The van der Waals surface area contributed by atoms with Gasteiger partial charge >= 0.3 is 0 Å². The van der Waals surface area contributed by atoms with E-state index in [9.17, 15) is 0 Å². The monoisotopic (exact) mass is 213 g/mol. The maximum Gasteiger partial charge on any atom is 0.143 e. The van der Waals surface area contributed by atoms with E-state index in [4.69, 9.17) is 16.3 Å². The predicted octanol–water partition coefficient (Wildman–Crippen LogP) is 3.56. The Hall–Kier alpha value is -0.890. The first-order chi connectivity index (χ1) is 6.67. The molecule has 0 aliphatic rings. The highest BCUT2D eigenvalue weighted by atomic mass is 35.5. The minimum absolute atomic E-state index is 0.435. The number of methoxy groups -OCH3 is 1. The summed E-state index contributed by atoms with van der Waals surface area (Å²) in [4.78, 5) is 0. The van der Waals surface area contributed by atoms with Crippen LogP contribution in [0.15, 0.2) is 18.2 Å². The van der Waals surface area contributed by atoms with Crippen LogP contribution < -0.4 is 10.1 Å². The van der Waals surface area contributed by atoms with Crippen LogP contribution in [0.2, 0.25) is 5.02 Å². The van der Waals surface area contributed by atoms with E-state index in [1.54, 1.807) is 7.11 Å². The fraction of sp³-hybridized carbons (Fsp3) is 0.455. The smallest absolute Gasteiger partial charge is 0.143 e. The molecule has 14 heavy (non-hydrogen) atoms. The molecule has 0 heterocycles. The lowest BCUT2D eigenvalue weighted by atomic mass is 10.2. The normalized spacial score (nSPS) is 12.3. The van der Waals surface area contributed by atoms with Gasteiger partial charge in [-0.15, -0.1) is 0 Å². The van der Waals surface area contributed by atoms with Crippen LogP contribution in [0.3, 0.4) is 0 Å². The maximum atomic E-state index is 5.86. The Kier molecular flexibility index (Phi) is 4.08. The first-order valence-electron chi connectivity index (χ1n) is 4.77. The van der Waals surface area contributed by atoms with E-state index in [0.29, 0.717) is 11.1 Å². The van der Waals surface area contributed by atoms with Gasteiger partial charge in [0.25, 0.3) is 0 Å². The van der Waals surface area contributed by atoms with Crippen LogP contribution in [-0.4, -0.2) is 13.2 Å². The summed E-state index contributed by atoms with van der Waals surface area (Å²) < 4.78 is 5.22. The Morgan fingerprint density at radius 1 is 1.50 bits per heavy atom. The SMILES string of the molecule is CCC(C)Nc1ccc(Cl)cc1OC. The molecule has 1 aromatic carbocycles. The van der Waals surface area contributed by atoms with Gasteiger partial charge in [0, 0.05) is 17.1 Å². The van der Waals surface area contributed by atoms with Crippen molar-refractivity contribution in [3.8, 4) is 5.75 Å². The number of hydrogen-bond donors (Lipinski definition) is 1. The number of ether oxygens (including phenoxy) is 1. The molecule has 78 valence electrons. The quantitative estimate of drug-likeness (QED) is 0.826. The average molecular weight is 214 g/mol. The van der Waals surface area contributed by atoms with Crippen LogP contribution in [0.5, 0.6) is 5.75 Å². The summed E-state index contributed by atoms with van der Waals surface area (Å²) in [5, 5.41) is 4.05. The van der Waals surface area contributed by atoms with Crippen molar-refractivity contribution in [2.24, 2.45) is 0 Å². The lowest BCUT2D eigenvalue weighted by molar-refractivity contribution is 0.416. The second-order valence-electron chi connectivity index (χ2n) is 3.30. The van der Waals surface area contributed by atoms with E-state index in [2.05, 4.69) is 19.2 Å². The summed E-state index contributed by atoms with van der Waals surface area (Å²) in [6, 6.07) is 6.04. The number of anilines is 1. The van der Waals surface area contributed by atoms with E-state index in [-0.39, 0.29) is 0 Å². The Balaban J connectivity index is 2.85. The summed E-state index contributed by atoms with van der Waals surface area (Å²) >= 11 is 5.86. The van der Waals surface area contributed by atoms with E-state index in [0.717, 1.165) is 17.9 Å². The third-order valence-electron chi connectivity index (χ3n) is 2.18. The van der Waals surface area contributed by atoms with Crippen LogP contribution >= 0.6 is 11.6 Å². The first-order valence-corrected chi connectivity index (χ1v) is 5.15. The zero-order chi connectivity index (χ0) is 10.6.